The third-order valence-corrected chi connectivity index (χ3v) is 1.78. The Kier molecular flexibility index (Phi) is 7.35. The van der Waals surface area contributed by atoms with E-state index in [1.54, 1.807) is 0 Å². The molecule has 0 heterocycles. The molecule has 1 atom stereocenters. The van der Waals surface area contributed by atoms with Crippen molar-refractivity contribution in [2.75, 3.05) is 19.8 Å². The van der Waals surface area contributed by atoms with Crippen molar-refractivity contribution in [3.8, 4) is 0 Å². The molecule has 0 aromatic carbocycles. The van der Waals surface area contributed by atoms with E-state index in [1.165, 1.54) is 0 Å². The van der Waals surface area contributed by atoms with Crippen LogP contribution in [-0.4, -0.2) is 36.8 Å². The van der Waals surface area contributed by atoms with Crippen LogP contribution >= 0.6 is 0 Å². The fourth-order valence-electron chi connectivity index (χ4n) is 1.08. The molecule has 0 aliphatic carbocycles. The zero-order valence-corrected chi connectivity index (χ0v) is 8.98. The van der Waals surface area contributed by atoms with Gasteiger partial charge in [-0.2, -0.15) is 0 Å². The van der Waals surface area contributed by atoms with Crippen LogP contribution in [0.25, 0.3) is 0 Å². The van der Waals surface area contributed by atoms with E-state index in [4.69, 9.17) is 21.3 Å². The summed E-state index contributed by atoms with van der Waals surface area (Å²) in [5, 5.41) is 8.33. The van der Waals surface area contributed by atoms with E-state index in [1.807, 2.05) is 6.92 Å². The van der Waals surface area contributed by atoms with Crippen molar-refractivity contribution in [1.29, 1.82) is 0 Å². The Labute approximate surface area is 89.3 Å². The zero-order valence-electron chi connectivity index (χ0n) is 8.98. The van der Waals surface area contributed by atoms with Crippen molar-refractivity contribution in [2.24, 2.45) is 22.4 Å². The number of nitrogens with two attached hydrogens (primary N) is 2. The van der Waals surface area contributed by atoms with Crippen LogP contribution in [0.5, 0.6) is 0 Å². The molecule has 0 fully saturated rings. The van der Waals surface area contributed by atoms with Gasteiger partial charge in [-0.1, -0.05) is 6.92 Å². The lowest BCUT2D eigenvalue weighted by atomic mass is 10.1. The number of carboxylic acids is 1. The Morgan fingerprint density at radius 2 is 2.20 bits per heavy atom. The quantitative estimate of drug-likeness (QED) is 0.295. The van der Waals surface area contributed by atoms with E-state index in [2.05, 4.69) is 4.99 Å². The largest absolute Gasteiger partial charge is 0.480 e. The first-order valence-corrected chi connectivity index (χ1v) is 4.87. The number of hydrogen-bond donors (Lipinski definition) is 3. The second-order valence-electron chi connectivity index (χ2n) is 3.46. The minimum atomic E-state index is -0.942. The van der Waals surface area contributed by atoms with Crippen LogP contribution in [0.1, 0.15) is 19.8 Å². The zero-order chi connectivity index (χ0) is 11.7. The number of carboxylic acid groups (broad SMARTS) is 1. The summed E-state index contributed by atoms with van der Waals surface area (Å²) in [6, 6.07) is 0. The van der Waals surface area contributed by atoms with Gasteiger partial charge >= 0.3 is 5.97 Å². The van der Waals surface area contributed by atoms with Crippen molar-refractivity contribution in [3.05, 3.63) is 0 Å². The molecule has 0 rings (SSSR count). The lowest BCUT2D eigenvalue weighted by molar-refractivity contribution is -0.142. The van der Waals surface area contributed by atoms with Crippen LogP contribution in [0, 0.1) is 5.92 Å². The summed E-state index contributed by atoms with van der Waals surface area (Å²) < 4.78 is 4.95. The lowest BCUT2D eigenvalue weighted by Crippen LogP contribution is -2.23. The van der Waals surface area contributed by atoms with E-state index in [0.717, 1.165) is 12.8 Å². The maximum absolute atomic E-state index is 10.1. The second kappa shape index (κ2) is 8.05. The van der Waals surface area contributed by atoms with Crippen molar-refractivity contribution in [1.82, 2.24) is 0 Å². The third kappa shape index (κ3) is 10.6. The van der Waals surface area contributed by atoms with Crippen LogP contribution in [0.2, 0.25) is 0 Å². The molecular weight excluding hydrogens is 198 g/mol. The summed E-state index contributed by atoms with van der Waals surface area (Å²) in [6.07, 6.45) is 1.78. The first-order valence-electron chi connectivity index (χ1n) is 4.87. The standard InChI is InChI=1S/C9H19N3O3/c1-7(5-15-6-8(13)14)3-2-4-12-9(10)11/h7H,2-6H2,1H3,(H,13,14)(H4,10,11,12). The van der Waals surface area contributed by atoms with Crippen molar-refractivity contribution in [3.63, 3.8) is 0 Å². The highest BCUT2D eigenvalue weighted by Gasteiger charge is 2.03. The molecule has 0 radical (unpaired) electrons. The van der Waals surface area contributed by atoms with Crippen LogP contribution in [0.3, 0.4) is 0 Å². The van der Waals surface area contributed by atoms with Crippen molar-refractivity contribution < 1.29 is 14.6 Å². The molecule has 1 unspecified atom stereocenters. The number of aliphatic carboxylic acids is 1. The SMILES string of the molecule is CC(CCCN=C(N)N)COCC(=O)O. The predicted octanol–water partition coefficient (Wildman–Crippen LogP) is -0.223. The molecule has 0 bridgehead atoms. The topological polar surface area (TPSA) is 111 Å². The summed E-state index contributed by atoms with van der Waals surface area (Å²) in [5.74, 6) is -0.522. The smallest absolute Gasteiger partial charge is 0.329 e. The van der Waals surface area contributed by atoms with Gasteiger partial charge in [0.2, 0.25) is 0 Å². The Morgan fingerprint density at radius 1 is 1.53 bits per heavy atom. The molecule has 0 aromatic heterocycles. The van der Waals surface area contributed by atoms with E-state index >= 15 is 0 Å². The first kappa shape index (κ1) is 13.7. The Balaban J connectivity index is 3.37. The maximum atomic E-state index is 10.1. The molecule has 0 amide bonds. The Morgan fingerprint density at radius 3 is 2.73 bits per heavy atom. The summed E-state index contributed by atoms with van der Waals surface area (Å²) in [6.45, 7) is 2.81. The normalized spacial score (nSPS) is 12.1. The fourth-order valence-corrected chi connectivity index (χ4v) is 1.08. The van der Waals surface area contributed by atoms with Crippen LogP contribution in [-0.2, 0) is 9.53 Å². The summed E-state index contributed by atoms with van der Waals surface area (Å²) in [4.78, 5) is 14.0. The number of guanidine groups is 1. The van der Waals surface area contributed by atoms with E-state index < -0.39 is 5.97 Å². The molecular formula is C9H19N3O3. The van der Waals surface area contributed by atoms with Gasteiger partial charge in [0.05, 0.1) is 0 Å². The molecule has 0 saturated carbocycles. The van der Waals surface area contributed by atoms with Crippen molar-refractivity contribution in [2.45, 2.75) is 19.8 Å². The molecule has 88 valence electrons. The van der Waals surface area contributed by atoms with Crippen LogP contribution in [0.15, 0.2) is 4.99 Å². The van der Waals surface area contributed by atoms with Gasteiger partial charge in [0.15, 0.2) is 5.96 Å². The van der Waals surface area contributed by atoms with Gasteiger partial charge in [0.25, 0.3) is 0 Å². The average molecular weight is 217 g/mol. The number of carbonyl (C=O) groups is 1. The number of hydrogen-bond acceptors (Lipinski definition) is 3. The first-order chi connectivity index (χ1) is 7.02. The highest BCUT2D eigenvalue weighted by molar-refractivity contribution is 5.75. The van der Waals surface area contributed by atoms with Crippen molar-refractivity contribution >= 4 is 11.9 Å². The molecule has 15 heavy (non-hydrogen) atoms. The summed E-state index contributed by atoms with van der Waals surface area (Å²) in [7, 11) is 0. The molecule has 0 saturated heterocycles. The molecule has 0 aliphatic heterocycles. The molecule has 6 nitrogen and oxygen atoms in total. The van der Waals surface area contributed by atoms with Crippen LogP contribution in [0.4, 0.5) is 0 Å². The number of aliphatic imine (C=N–C) groups is 1. The number of rotatable bonds is 8. The minimum absolute atomic E-state index is 0.102. The summed E-state index contributed by atoms with van der Waals surface area (Å²) >= 11 is 0. The fraction of sp³-hybridized carbons (Fsp3) is 0.778. The number of ether oxygens (including phenoxy) is 1. The number of nitrogens with zero attached hydrogens (tertiary/aromatic N) is 1. The average Bonchev–Trinajstić information content (AvgIpc) is 2.11. The predicted molar refractivity (Wildman–Crippen MR) is 57.5 cm³/mol. The highest BCUT2D eigenvalue weighted by Crippen LogP contribution is 2.05. The van der Waals surface area contributed by atoms with Gasteiger partial charge in [-0.15, -0.1) is 0 Å². The van der Waals surface area contributed by atoms with E-state index in [-0.39, 0.29) is 12.6 Å². The minimum Gasteiger partial charge on any atom is -0.480 e. The second-order valence-corrected chi connectivity index (χ2v) is 3.46. The summed E-state index contributed by atoms with van der Waals surface area (Å²) in [5.41, 5.74) is 10.3. The van der Waals surface area contributed by atoms with Gasteiger partial charge in [-0.05, 0) is 18.8 Å². The Hall–Kier alpha value is -1.30. The van der Waals surface area contributed by atoms with Gasteiger partial charge in [-0.3, -0.25) is 4.99 Å². The van der Waals surface area contributed by atoms with Gasteiger partial charge < -0.3 is 21.3 Å². The molecule has 0 spiro atoms. The van der Waals surface area contributed by atoms with E-state index in [0.29, 0.717) is 19.1 Å². The molecule has 5 N–H and O–H groups in total. The van der Waals surface area contributed by atoms with E-state index in [9.17, 15) is 4.79 Å². The lowest BCUT2D eigenvalue weighted by Gasteiger charge is -2.09. The van der Waals surface area contributed by atoms with Gasteiger partial charge in [0, 0.05) is 13.2 Å². The monoisotopic (exact) mass is 217 g/mol. The Bertz CT molecular complexity index is 215. The molecule has 6 heteroatoms. The maximum Gasteiger partial charge on any atom is 0.329 e. The van der Waals surface area contributed by atoms with Gasteiger partial charge in [-0.25, -0.2) is 4.79 Å². The van der Waals surface area contributed by atoms with Gasteiger partial charge in [0.1, 0.15) is 6.61 Å². The molecule has 0 aromatic rings. The highest BCUT2D eigenvalue weighted by atomic mass is 16.5. The third-order valence-electron chi connectivity index (χ3n) is 1.78. The molecule has 0 aliphatic rings. The van der Waals surface area contributed by atoms with Crippen LogP contribution < -0.4 is 11.5 Å².